The summed E-state index contributed by atoms with van der Waals surface area (Å²) >= 11 is 0. The number of anilines is 2. The predicted octanol–water partition coefficient (Wildman–Crippen LogP) is 2.28. The van der Waals surface area contributed by atoms with Crippen LogP contribution in [0.3, 0.4) is 0 Å². The number of ether oxygens (including phenoxy) is 1. The molecule has 1 saturated heterocycles. The van der Waals surface area contributed by atoms with E-state index in [0.29, 0.717) is 5.82 Å². The molecule has 2 unspecified atom stereocenters. The average molecular weight is 278 g/mol. The van der Waals surface area contributed by atoms with Crippen LogP contribution in [0.4, 0.5) is 11.6 Å². The third kappa shape index (κ3) is 3.03. The van der Waals surface area contributed by atoms with Gasteiger partial charge in [-0.25, -0.2) is 9.97 Å². The summed E-state index contributed by atoms with van der Waals surface area (Å²) in [5.74, 6) is 2.32. The molecule has 1 aliphatic rings. The molecule has 0 spiro atoms. The molecule has 112 valence electrons. The Morgan fingerprint density at radius 1 is 1.15 bits per heavy atom. The van der Waals surface area contributed by atoms with Crippen molar-refractivity contribution in [1.29, 1.82) is 0 Å². The highest BCUT2D eigenvalue weighted by Gasteiger charge is 2.27. The molecule has 0 amide bonds. The van der Waals surface area contributed by atoms with E-state index in [2.05, 4.69) is 44.5 Å². The van der Waals surface area contributed by atoms with Gasteiger partial charge >= 0.3 is 0 Å². The van der Waals surface area contributed by atoms with Gasteiger partial charge in [-0.3, -0.25) is 0 Å². The Labute approximate surface area is 121 Å². The van der Waals surface area contributed by atoms with Crippen LogP contribution in [0.5, 0.6) is 0 Å². The first-order valence-corrected chi connectivity index (χ1v) is 7.23. The molecule has 1 aliphatic heterocycles. The maximum absolute atomic E-state index is 6.09. The van der Waals surface area contributed by atoms with Crippen LogP contribution >= 0.6 is 0 Å². The molecule has 2 atom stereocenters. The van der Waals surface area contributed by atoms with Crippen molar-refractivity contribution >= 4 is 11.6 Å². The van der Waals surface area contributed by atoms with Gasteiger partial charge in [0.2, 0.25) is 0 Å². The Balaban J connectivity index is 2.42. The summed E-state index contributed by atoms with van der Waals surface area (Å²) in [5, 5.41) is 0. The van der Waals surface area contributed by atoms with Crippen LogP contribution in [0.15, 0.2) is 0 Å². The van der Waals surface area contributed by atoms with Gasteiger partial charge in [-0.1, -0.05) is 20.8 Å². The van der Waals surface area contributed by atoms with Gasteiger partial charge in [-0.15, -0.1) is 0 Å². The van der Waals surface area contributed by atoms with Crippen molar-refractivity contribution in [1.82, 2.24) is 9.97 Å². The fraction of sp³-hybridized carbons (Fsp3) is 0.733. The molecule has 5 heteroatoms. The summed E-state index contributed by atoms with van der Waals surface area (Å²) < 4.78 is 5.79. The van der Waals surface area contributed by atoms with Gasteiger partial charge in [0.1, 0.15) is 17.5 Å². The second-order valence-corrected chi connectivity index (χ2v) is 6.79. The lowest BCUT2D eigenvalue weighted by Crippen LogP contribution is -2.46. The number of hydrogen-bond acceptors (Lipinski definition) is 5. The van der Waals surface area contributed by atoms with Gasteiger partial charge in [-0.2, -0.15) is 0 Å². The number of nitrogens with zero attached hydrogens (tertiary/aromatic N) is 3. The standard InChI is InChI=1S/C15H26N4O/c1-9-7-19(8-10(2)20-9)13-11(3)12(16)17-14(18-13)15(4,5)6/h9-10H,7-8H2,1-6H3,(H2,16,17,18). The lowest BCUT2D eigenvalue weighted by atomic mass is 9.95. The van der Waals surface area contributed by atoms with Gasteiger partial charge in [0.05, 0.1) is 12.2 Å². The van der Waals surface area contributed by atoms with Gasteiger partial charge < -0.3 is 15.4 Å². The molecule has 2 rings (SSSR count). The van der Waals surface area contributed by atoms with E-state index in [-0.39, 0.29) is 17.6 Å². The molecule has 0 aromatic carbocycles. The predicted molar refractivity (Wildman–Crippen MR) is 82.1 cm³/mol. The second kappa shape index (κ2) is 5.20. The zero-order chi connectivity index (χ0) is 15.1. The van der Waals surface area contributed by atoms with Gasteiger partial charge in [0.25, 0.3) is 0 Å². The Hall–Kier alpha value is -1.36. The zero-order valence-corrected chi connectivity index (χ0v) is 13.4. The molecule has 0 saturated carbocycles. The van der Waals surface area contributed by atoms with E-state index in [1.54, 1.807) is 0 Å². The monoisotopic (exact) mass is 278 g/mol. The van der Waals surface area contributed by atoms with E-state index >= 15 is 0 Å². The van der Waals surface area contributed by atoms with Crippen LogP contribution in [0.25, 0.3) is 0 Å². The van der Waals surface area contributed by atoms with E-state index in [1.165, 1.54) is 0 Å². The summed E-state index contributed by atoms with van der Waals surface area (Å²) in [6, 6.07) is 0. The highest BCUT2D eigenvalue weighted by molar-refractivity contribution is 5.57. The van der Waals surface area contributed by atoms with Crippen LogP contribution in [0, 0.1) is 6.92 Å². The quantitative estimate of drug-likeness (QED) is 0.853. The summed E-state index contributed by atoms with van der Waals surface area (Å²) in [4.78, 5) is 11.5. The molecule has 2 N–H and O–H groups in total. The van der Waals surface area contributed by atoms with Crippen molar-refractivity contribution in [2.24, 2.45) is 0 Å². The first-order chi connectivity index (χ1) is 9.18. The van der Waals surface area contributed by atoms with Crippen LogP contribution in [-0.4, -0.2) is 35.3 Å². The van der Waals surface area contributed by atoms with Crippen molar-refractivity contribution < 1.29 is 4.74 Å². The molecular weight excluding hydrogens is 252 g/mol. The molecular formula is C15H26N4O. The van der Waals surface area contributed by atoms with E-state index in [1.807, 2.05) is 6.92 Å². The highest BCUT2D eigenvalue weighted by atomic mass is 16.5. The molecule has 0 bridgehead atoms. The van der Waals surface area contributed by atoms with Crippen LogP contribution in [0.1, 0.15) is 46.0 Å². The second-order valence-electron chi connectivity index (χ2n) is 6.79. The number of hydrogen-bond donors (Lipinski definition) is 1. The van der Waals surface area contributed by atoms with Crippen LogP contribution in [0.2, 0.25) is 0 Å². The SMILES string of the molecule is Cc1c(N)nc(C(C)(C)C)nc1N1CC(C)OC(C)C1. The van der Waals surface area contributed by atoms with Crippen LogP contribution in [-0.2, 0) is 10.2 Å². The fourth-order valence-electron chi connectivity index (χ4n) is 2.52. The van der Waals surface area contributed by atoms with Crippen molar-refractivity contribution in [2.45, 2.75) is 59.2 Å². The van der Waals surface area contributed by atoms with Crippen LogP contribution < -0.4 is 10.6 Å². The summed E-state index contributed by atoms with van der Waals surface area (Å²) in [6.07, 6.45) is 0.403. The molecule has 0 aliphatic carbocycles. The Bertz CT molecular complexity index is 485. The van der Waals surface area contributed by atoms with Crippen molar-refractivity contribution in [3.05, 3.63) is 11.4 Å². The van der Waals surface area contributed by atoms with E-state index in [0.717, 1.165) is 30.3 Å². The maximum atomic E-state index is 6.09. The molecule has 5 nitrogen and oxygen atoms in total. The minimum Gasteiger partial charge on any atom is -0.383 e. The third-order valence-corrected chi connectivity index (χ3v) is 3.55. The Morgan fingerprint density at radius 2 is 1.70 bits per heavy atom. The lowest BCUT2D eigenvalue weighted by molar-refractivity contribution is -0.00551. The smallest absolute Gasteiger partial charge is 0.138 e. The third-order valence-electron chi connectivity index (χ3n) is 3.55. The highest BCUT2D eigenvalue weighted by Crippen LogP contribution is 2.28. The van der Waals surface area contributed by atoms with Gasteiger partial charge in [0.15, 0.2) is 0 Å². The van der Waals surface area contributed by atoms with Gasteiger partial charge in [-0.05, 0) is 20.8 Å². The van der Waals surface area contributed by atoms with Crippen molar-refractivity contribution in [2.75, 3.05) is 23.7 Å². The first kappa shape index (κ1) is 15.0. The molecule has 1 aromatic heterocycles. The molecule has 1 aromatic rings. The fourth-order valence-corrected chi connectivity index (χ4v) is 2.52. The number of morpholine rings is 1. The number of nitrogens with two attached hydrogens (primary N) is 1. The Kier molecular flexibility index (Phi) is 3.91. The van der Waals surface area contributed by atoms with E-state index in [4.69, 9.17) is 15.5 Å². The molecule has 0 radical (unpaired) electrons. The molecule has 20 heavy (non-hydrogen) atoms. The average Bonchev–Trinajstić information content (AvgIpc) is 2.29. The summed E-state index contributed by atoms with van der Waals surface area (Å²) in [7, 11) is 0. The zero-order valence-electron chi connectivity index (χ0n) is 13.4. The first-order valence-electron chi connectivity index (χ1n) is 7.23. The van der Waals surface area contributed by atoms with Crippen molar-refractivity contribution in [3.63, 3.8) is 0 Å². The number of rotatable bonds is 1. The summed E-state index contributed by atoms with van der Waals surface area (Å²) in [5.41, 5.74) is 6.93. The topological polar surface area (TPSA) is 64.3 Å². The Morgan fingerprint density at radius 3 is 2.20 bits per heavy atom. The maximum Gasteiger partial charge on any atom is 0.138 e. The van der Waals surface area contributed by atoms with Gasteiger partial charge in [0, 0.05) is 24.1 Å². The summed E-state index contributed by atoms with van der Waals surface area (Å²) in [6.45, 7) is 14.2. The minimum atomic E-state index is -0.111. The molecule has 1 fully saturated rings. The largest absolute Gasteiger partial charge is 0.383 e. The van der Waals surface area contributed by atoms with E-state index in [9.17, 15) is 0 Å². The normalized spacial score (nSPS) is 24.0. The van der Waals surface area contributed by atoms with E-state index < -0.39 is 0 Å². The minimum absolute atomic E-state index is 0.111. The molecule has 2 heterocycles. The number of nitrogen functional groups attached to an aromatic ring is 1. The van der Waals surface area contributed by atoms with Crippen molar-refractivity contribution in [3.8, 4) is 0 Å². The lowest BCUT2D eigenvalue weighted by Gasteiger charge is -2.37. The number of aromatic nitrogens is 2.